The zero-order chi connectivity index (χ0) is 12.2. The standard InChI is InChI=1S/C10H18F3N3/c1-2-15-9(16-14)7-5-3-4-6-8(7)10(11,12)13/h7-8H,2-6,14H2,1H3,(H,15,16). The molecule has 16 heavy (non-hydrogen) atoms. The third-order valence-corrected chi connectivity index (χ3v) is 3.01. The van der Waals surface area contributed by atoms with Gasteiger partial charge in [0.15, 0.2) is 0 Å². The van der Waals surface area contributed by atoms with Gasteiger partial charge in [-0.3, -0.25) is 4.99 Å². The lowest BCUT2D eigenvalue weighted by molar-refractivity contribution is -0.189. The Labute approximate surface area is 93.3 Å². The van der Waals surface area contributed by atoms with Crippen molar-refractivity contribution in [1.82, 2.24) is 5.43 Å². The second-order valence-corrected chi connectivity index (χ2v) is 4.04. The van der Waals surface area contributed by atoms with E-state index in [0.717, 1.165) is 6.42 Å². The Balaban J connectivity index is 2.85. The summed E-state index contributed by atoms with van der Waals surface area (Å²) in [5, 5.41) is 0. The van der Waals surface area contributed by atoms with Crippen LogP contribution >= 0.6 is 0 Å². The van der Waals surface area contributed by atoms with E-state index in [1.54, 1.807) is 6.92 Å². The summed E-state index contributed by atoms with van der Waals surface area (Å²) < 4.78 is 38.4. The van der Waals surface area contributed by atoms with Crippen LogP contribution in [0.2, 0.25) is 0 Å². The summed E-state index contributed by atoms with van der Waals surface area (Å²) in [5.74, 6) is 3.64. The molecule has 1 aliphatic carbocycles. The fourth-order valence-corrected chi connectivity index (χ4v) is 2.29. The molecule has 0 aromatic carbocycles. The largest absolute Gasteiger partial charge is 0.392 e. The topological polar surface area (TPSA) is 50.4 Å². The van der Waals surface area contributed by atoms with E-state index in [9.17, 15) is 13.2 Å². The first kappa shape index (κ1) is 13.3. The summed E-state index contributed by atoms with van der Waals surface area (Å²) in [6.45, 7) is 2.23. The molecule has 1 rings (SSSR count). The molecule has 0 bridgehead atoms. The molecule has 0 amide bonds. The Morgan fingerprint density at radius 3 is 2.50 bits per heavy atom. The van der Waals surface area contributed by atoms with Crippen LogP contribution in [0.1, 0.15) is 32.6 Å². The first-order valence-corrected chi connectivity index (χ1v) is 5.58. The van der Waals surface area contributed by atoms with Crippen LogP contribution < -0.4 is 11.3 Å². The third-order valence-electron chi connectivity index (χ3n) is 3.01. The summed E-state index contributed by atoms with van der Waals surface area (Å²) in [6, 6.07) is 0. The normalized spacial score (nSPS) is 27.9. The van der Waals surface area contributed by atoms with Crippen molar-refractivity contribution in [2.24, 2.45) is 22.7 Å². The van der Waals surface area contributed by atoms with Gasteiger partial charge in [-0.05, 0) is 19.8 Å². The summed E-state index contributed by atoms with van der Waals surface area (Å²) in [6.07, 6.45) is -2.03. The molecule has 0 spiro atoms. The lowest BCUT2D eigenvalue weighted by atomic mass is 9.78. The Hall–Kier alpha value is -0.780. The number of hydrogen-bond acceptors (Lipinski definition) is 2. The van der Waals surface area contributed by atoms with Crippen molar-refractivity contribution in [2.75, 3.05) is 6.54 Å². The zero-order valence-corrected chi connectivity index (χ0v) is 9.35. The first-order valence-electron chi connectivity index (χ1n) is 5.58. The van der Waals surface area contributed by atoms with E-state index < -0.39 is 18.0 Å². The highest BCUT2D eigenvalue weighted by molar-refractivity contribution is 5.84. The molecule has 0 aliphatic heterocycles. The van der Waals surface area contributed by atoms with Crippen molar-refractivity contribution in [2.45, 2.75) is 38.8 Å². The molecule has 94 valence electrons. The maximum Gasteiger partial charge on any atom is 0.392 e. The zero-order valence-electron chi connectivity index (χ0n) is 9.35. The van der Waals surface area contributed by atoms with Crippen LogP contribution in [0, 0.1) is 11.8 Å². The second-order valence-electron chi connectivity index (χ2n) is 4.04. The summed E-state index contributed by atoms with van der Waals surface area (Å²) in [5.41, 5.74) is 2.32. The van der Waals surface area contributed by atoms with Crippen LogP contribution in [0.15, 0.2) is 4.99 Å². The molecular weight excluding hydrogens is 219 g/mol. The molecule has 0 heterocycles. The van der Waals surface area contributed by atoms with Crippen molar-refractivity contribution in [3.05, 3.63) is 0 Å². The molecular formula is C10H18F3N3. The molecule has 1 aliphatic rings. The van der Waals surface area contributed by atoms with Crippen molar-refractivity contribution in [1.29, 1.82) is 0 Å². The summed E-state index contributed by atoms with van der Waals surface area (Å²) in [7, 11) is 0. The lowest BCUT2D eigenvalue weighted by Gasteiger charge is -2.33. The quantitative estimate of drug-likeness (QED) is 0.335. The van der Waals surface area contributed by atoms with Gasteiger partial charge in [0.25, 0.3) is 0 Å². The number of aliphatic imine (C=N–C) groups is 1. The van der Waals surface area contributed by atoms with Gasteiger partial charge in [-0.15, -0.1) is 0 Å². The van der Waals surface area contributed by atoms with Gasteiger partial charge >= 0.3 is 6.18 Å². The van der Waals surface area contributed by atoms with Crippen LogP contribution in [0.25, 0.3) is 0 Å². The van der Waals surface area contributed by atoms with E-state index >= 15 is 0 Å². The van der Waals surface area contributed by atoms with Gasteiger partial charge in [0.2, 0.25) is 0 Å². The minimum atomic E-state index is -4.16. The highest BCUT2D eigenvalue weighted by atomic mass is 19.4. The van der Waals surface area contributed by atoms with E-state index in [4.69, 9.17) is 5.84 Å². The highest BCUT2D eigenvalue weighted by Gasteiger charge is 2.47. The van der Waals surface area contributed by atoms with E-state index in [2.05, 4.69) is 10.4 Å². The van der Waals surface area contributed by atoms with Gasteiger partial charge in [-0.2, -0.15) is 13.2 Å². The van der Waals surface area contributed by atoms with E-state index in [0.29, 0.717) is 25.2 Å². The van der Waals surface area contributed by atoms with Crippen LogP contribution in [0.4, 0.5) is 13.2 Å². The van der Waals surface area contributed by atoms with E-state index in [1.165, 1.54) is 0 Å². The number of amidine groups is 1. The molecule has 3 N–H and O–H groups in total. The van der Waals surface area contributed by atoms with Crippen LogP contribution in [-0.2, 0) is 0 Å². The van der Waals surface area contributed by atoms with Crippen molar-refractivity contribution in [3.63, 3.8) is 0 Å². The number of nitrogens with two attached hydrogens (primary N) is 1. The lowest BCUT2D eigenvalue weighted by Crippen LogP contribution is -2.45. The minimum absolute atomic E-state index is 0.179. The number of halogens is 3. The minimum Gasteiger partial charge on any atom is -0.312 e. The Kier molecular flexibility index (Phi) is 4.58. The maximum absolute atomic E-state index is 12.8. The number of nitrogens with zero attached hydrogens (tertiary/aromatic N) is 1. The molecule has 2 unspecified atom stereocenters. The number of hydrogen-bond donors (Lipinski definition) is 2. The molecule has 2 atom stereocenters. The van der Waals surface area contributed by atoms with E-state index in [1.807, 2.05) is 0 Å². The van der Waals surface area contributed by atoms with Gasteiger partial charge in [0.05, 0.1) is 5.92 Å². The van der Waals surface area contributed by atoms with Crippen molar-refractivity contribution >= 4 is 5.84 Å². The molecule has 1 saturated carbocycles. The second kappa shape index (κ2) is 5.52. The monoisotopic (exact) mass is 237 g/mol. The molecule has 0 radical (unpaired) electrons. The molecule has 0 saturated heterocycles. The van der Waals surface area contributed by atoms with Gasteiger partial charge in [0, 0.05) is 12.5 Å². The van der Waals surface area contributed by atoms with Crippen LogP contribution in [-0.4, -0.2) is 18.6 Å². The van der Waals surface area contributed by atoms with Gasteiger partial charge in [-0.25, -0.2) is 5.84 Å². The van der Waals surface area contributed by atoms with Crippen molar-refractivity contribution < 1.29 is 13.2 Å². The van der Waals surface area contributed by atoms with Gasteiger partial charge in [0.1, 0.15) is 5.84 Å². The smallest absolute Gasteiger partial charge is 0.312 e. The Bertz CT molecular complexity index is 250. The predicted molar refractivity (Wildman–Crippen MR) is 56.8 cm³/mol. The van der Waals surface area contributed by atoms with Crippen LogP contribution in [0.3, 0.4) is 0 Å². The number of nitrogens with one attached hydrogen (secondary N) is 1. The molecule has 0 aromatic heterocycles. The fourth-order valence-electron chi connectivity index (χ4n) is 2.29. The molecule has 6 heteroatoms. The number of hydrazine groups is 1. The molecule has 0 aromatic rings. The predicted octanol–water partition coefficient (Wildman–Crippen LogP) is 2.24. The van der Waals surface area contributed by atoms with Gasteiger partial charge < -0.3 is 5.43 Å². The Morgan fingerprint density at radius 1 is 1.38 bits per heavy atom. The average Bonchev–Trinajstić information content (AvgIpc) is 2.25. The first-order chi connectivity index (χ1) is 7.50. The third kappa shape index (κ3) is 3.10. The maximum atomic E-state index is 12.8. The van der Waals surface area contributed by atoms with Gasteiger partial charge in [-0.1, -0.05) is 12.8 Å². The number of alkyl halides is 3. The summed E-state index contributed by atoms with van der Waals surface area (Å²) in [4.78, 5) is 4.01. The van der Waals surface area contributed by atoms with Crippen molar-refractivity contribution in [3.8, 4) is 0 Å². The number of rotatable bonds is 2. The summed E-state index contributed by atoms with van der Waals surface area (Å²) >= 11 is 0. The molecule has 1 fully saturated rings. The average molecular weight is 237 g/mol. The molecule has 3 nitrogen and oxygen atoms in total. The Morgan fingerprint density at radius 2 is 2.00 bits per heavy atom. The fraction of sp³-hybridized carbons (Fsp3) is 0.900. The highest BCUT2D eigenvalue weighted by Crippen LogP contribution is 2.41. The SMILES string of the molecule is CCN=C(NN)C1CCCCC1C(F)(F)F. The van der Waals surface area contributed by atoms with E-state index in [-0.39, 0.29) is 6.42 Å². The van der Waals surface area contributed by atoms with Crippen LogP contribution in [0.5, 0.6) is 0 Å².